The van der Waals surface area contributed by atoms with E-state index in [1.807, 2.05) is 0 Å². The van der Waals surface area contributed by atoms with Gasteiger partial charge in [-0.2, -0.15) is 0 Å². The van der Waals surface area contributed by atoms with Gasteiger partial charge in [0.15, 0.2) is 0 Å². The van der Waals surface area contributed by atoms with Gasteiger partial charge in [-0.3, -0.25) is 0 Å². The number of hydrogen-bond donors (Lipinski definition) is 4. The molecule has 5 nitrogen and oxygen atoms in total. The van der Waals surface area contributed by atoms with Crippen LogP contribution in [0.25, 0.3) is 0 Å². The molecule has 0 aliphatic carbocycles. The highest BCUT2D eigenvalue weighted by Gasteiger charge is 2.37. The van der Waals surface area contributed by atoms with Crippen molar-refractivity contribution >= 4 is 0 Å². The maximum absolute atomic E-state index is 9.01. The lowest BCUT2D eigenvalue weighted by Gasteiger charge is -2.16. The normalized spacial score (nSPS) is 43.8. The van der Waals surface area contributed by atoms with Gasteiger partial charge in [-0.15, -0.1) is 0 Å². The van der Waals surface area contributed by atoms with Gasteiger partial charge in [0.2, 0.25) is 0 Å². The maximum atomic E-state index is 9.01. The first kappa shape index (κ1) is 7.90. The first-order valence-corrected chi connectivity index (χ1v) is 3.04. The van der Waals surface area contributed by atoms with Crippen molar-refractivity contribution < 1.29 is 20.1 Å². The van der Waals surface area contributed by atoms with Crippen molar-refractivity contribution in [1.82, 2.24) is 0 Å². The highest BCUT2D eigenvalue weighted by atomic mass is 16.5. The van der Waals surface area contributed by atoms with E-state index in [0.29, 0.717) is 0 Å². The first-order chi connectivity index (χ1) is 4.63. The molecule has 60 valence electrons. The Labute approximate surface area is 58.0 Å². The van der Waals surface area contributed by atoms with Gasteiger partial charge >= 0.3 is 0 Å². The summed E-state index contributed by atoms with van der Waals surface area (Å²) in [6, 6.07) is 0. The van der Waals surface area contributed by atoms with E-state index in [2.05, 4.69) is 0 Å². The molecule has 0 spiro atoms. The molecule has 0 amide bonds. The molecular weight excluding hydrogens is 138 g/mol. The van der Waals surface area contributed by atoms with E-state index in [-0.39, 0.29) is 6.61 Å². The first-order valence-electron chi connectivity index (χ1n) is 3.04. The van der Waals surface area contributed by atoms with Gasteiger partial charge < -0.3 is 25.8 Å². The fourth-order valence-electron chi connectivity index (χ4n) is 0.926. The number of aliphatic hydroxyl groups excluding tert-OH is 3. The van der Waals surface area contributed by atoms with E-state index in [1.54, 1.807) is 0 Å². The third-order valence-electron chi connectivity index (χ3n) is 1.53. The zero-order valence-electron chi connectivity index (χ0n) is 5.34. The van der Waals surface area contributed by atoms with Crippen LogP contribution in [0.15, 0.2) is 0 Å². The summed E-state index contributed by atoms with van der Waals surface area (Å²) in [6.07, 6.45) is -4.08. The van der Waals surface area contributed by atoms with Crippen molar-refractivity contribution in [3.05, 3.63) is 0 Å². The fourth-order valence-corrected chi connectivity index (χ4v) is 0.926. The van der Waals surface area contributed by atoms with Crippen LogP contribution >= 0.6 is 0 Å². The summed E-state index contributed by atoms with van der Waals surface area (Å²) >= 11 is 0. The van der Waals surface area contributed by atoms with Gasteiger partial charge in [-0.1, -0.05) is 0 Å². The lowest BCUT2D eigenvalue weighted by atomic mass is 10.1. The van der Waals surface area contributed by atoms with Crippen LogP contribution in [0.4, 0.5) is 0 Å². The Morgan fingerprint density at radius 1 is 1.50 bits per heavy atom. The van der Waals surface area contributed by atoms with Gasteiger partial charge in [0.05, 0.1) is 6.61 Å². The van der Waals surface area contributed by atoms with E-state index in [0.717, 1.165) is 0 Å². The van der Waals surface area contributed by atoms with E-state index < -0.39 is 24.5 Å². The SMILES string of the molecule is NC(O)[C@H]1OC[C@H](O)[C@@H]1O. The molecule has 0 aromatic rings. The predicted molar refractivity (Wildman–Crippen MR) is 31.9 cm³/mol. The van der Waals surface area contributed by atoms with Crippen LogP contribution in [0, 0.1) is 0 Å². The highest BCUT2D eigenvalue weighted by molar-refractivity contribution is 4.85. The van der Waals surface area contributed by atoms with Crippen molar-refractivity contribution in [3.63, 3.8) is 0 Å². The minimum Gasteiger partial charge on any atom is -0.388 e. The molecule has 4 atom stereocenters. The van der Waals surface area contributed by atoms with E-state index >= 15 is 0 Å². The molecule has 1 rings (SSSR count). The van der Waals surface area contributed by atoms with E-state index in [1.165, 1.54) is 0 Å². The maximum Gasteiger partial charge on any atom is 0.131 e. The molecule has 1 aliphatic rings. The molecule has 1 aliphatic heterocycles. The second kappa shape index (κ2) is 2.81. The van der Waals surface area contributed by atoms with Gasteiger partial charge in [0.25, 0.3) is 0 Å². The lowest BCUT2D eigenvalue weighted by molar-refractivity contribution is -0.0477. The van der Waals surface area contributed by atoms with Gasteiger partial charge in [-0.05, 0) is 0 Å². The fraction of sp³-hybridized carbons (Fsp3) is 1.00. The van der Waals surface area contributed by atoms with Crippen molar-refractivity contribution in [2.24, 2.45) is 5.73 Å². The Morgan fingerprint density at radius 2 is 2.10 bits per heavy atom. The second-order valence-corrected chi connectivity index (χ2v) is 2.35. The Kier molecular flexibility index (Phi) is 2.22. The van der Waals surface area contributed by atoms with Crippen molar-refractivity contribution in [2.45, 2.75) is 24.5 Å². The highest BCUT2D eigenvalue weighted by Crippen LogP contribution is 2.14. The molecule has 10 heavy (non-hydrogen) atoms. The van der Waals surface area contributed by atoms with Crippen LogP contribution in [-0.2, 0) is 4.74 Å². The molecule has 0 aromatic carbocycles. The third-order valence-corrected chi connectivity index (χ3v) is 1.53. The quantitative estimate of drug-likeness (QED) is 0.306. The molecule has 0 radical (unpaired) electrons. The smallest absolute Gasteiger partial charge is 0.131 e. The largest absolute Gasteiger partial charge is 0.388 e. The minimum atomic E-state index is -1.23. The summed E-state index contributed by atoms with van der Waals surface area (Å²) in [4.78, 5) is 0. The zero-order valence-corrected chi connectivity index (χ0v) is 5.34. The predicted octanol–water partition coefficient (Wildman–Crippen LogP) is -2.62. The minimum absolute atomic E-state index is 0.0279. The zero-order chi connectivity index (χ0) is 7.72. The summed E-state index contributed by atoms with van der Waals surface area (Å²) in [5.41, 5.74) is 5.01. The number of hydrogen-bond acceptors (Lipinski definition) is 5. The molecule has 1 unspecified atom stereocenters. The summed E-state index contributed by atoms with van der Waals surface area (Å²) < 4.78 is 4.76. The monoisotopic (exact) mass is 149 g/mol. The average molecular weight is 149 g/mol. The molecule has 5 N–H and O–H groups in total. The van der Waals surface area contributed by atoms with Gasteiger partial charge in [0, 0.05) is 0 Å². The van der Waals surface area contributed by atoms with E-state index in [4.69, 9.17) is 25.8 Å². The molecule has 0 bridgehead atoms. The summed E-state index contributed by atoms with van der Waals surface area (Å²) in [6.45, 7) is 0.0279. The molecule has 1 saturated heterocycles. The summed E-state index contributed by atoms with van der Waals surface area (Å²) in [7, 11) is 0. The summed E-state index contributed by atoms with van der Waals surface area (Å²) in [5.74, 6) is 0. The van der Waals surface area contributed by atoms with Gasteiger partial charge in [-0.25, -0.2) is 0 Å². The third kappa shape index (κ3) is 1.28. The molecule has 0 saturated carbocycles. The topological polar surface area (TPSA) is 95.9 Å². The number of rotatable bonds is 1. The van der Waals surface area contributed by atoms with Crippen molar-refractivity contribution in [2.75, 3.05) is 6.61 Å². The Hall–Kier alpha value is -0.200. The van der Waals surface area contributed by atoms with Crippen LogP contribution < -0.4 is 5.73 Å². The molecular formula is C5H11NO4. The van der Waals surface area contributed by atoms with E-state index in [9.17, 15) is 0 Å². The van der Waals surface area contributed by atoms with Crippen LogP contribution in [-0.4, -0.2) is 46.5 Å². The lowest BCUT2D eigenvalue weighted by Crippen LogP contribution is -2.43. The Morgan fingerprint density at radius 3 is 2.30 bits per heavy atom. The Balaban J connectivity index is 2.49. The van der Waals surface area contributed by atoms with Crippen molar-refractivity contribution in [3.8, 4) is 0 Å². The van der Waals surface area contributed by atoms with Crippen LogP contribution in [0.3, 0.4) is 0 Å². The van der Waals surface area contributed by atoms with Crippen LogP contribution in [0.5, 0.6) is 0 Å². The standard InChI is InChI=1S/C5H11NO4/c6-5(9)4-3(8)2(7)1-10-4/h2-5,7-9H,1,6H2/t2-,3-,4-,5?/m0/s1. The summed E-state index contributed by atoms with van der Waals surface area (Å²) in [5, 5.41) is 26.6. The molecule has 1 heterocycles. The number of aliphatic hydroxyl groups is 3. The average Bonchev–Trinajstić information content (AvgIpc) is 2.14. The van der Waals surface area contributed by atoms with Crippen molar-refractivity contribution in [1.29, 1.82) is 0 Å². The Bertz CT molecular complexity index is 118. The van der Waals surface area contributed by atoms with Crippen LogP contribution in [0.1, 0.15) is 0 Å². The second-order valence-electron chi connectivity index (χ2n) is 2.35. The molecule has 5 heteroatoms. The van der Waals surface area contributed by atoms with Gasteiger partial charge in [0.1, 0.15) is 24.5 Å². The number of nitrogens with two attached hydrogens (primary N) is 1. The molecule has 1 fully saturated rings. The molecule has 0 aromatic heterocycles. The van der Waals surface area contributed by atoms with Crippen LogP contribution in [0.2, 0.25) is 0 Å². The number of ether oxygens (including phenoxy) is 1.